The van der Waals surface area contributed by atoms with Crippen LogP contribution in [0.2, 0.25) is 26.2 Å². The Labute approximate surface area is 141 Å². The summed E-state index contributed by atoms with van der Waals surface area (Å²) in [6, 6.07) is 16.1. The Morgan fingerprint density at radius 3 is 1.30 bits per heavy atom. The quantitative estimate of drug-likeness (QED) is 0.674. The molecule has 0 aliphatic heterocycles. The van der Waals surface area contributed by atoms with E-state index in [2.05, 4.69) is 26.2 Å². The predicted molar refractivity (Wildman–Crippen MR) is 99.7 cm³/mol. The fraction of sp³-hybridized carbons (Fsp3) is 0.333. The van der Waals surface area contributed by atoms with Gasteiger partial charge in [0.05, 0.1) is 0 Å². The second-order valence-corrected chi connectivity index (χ2v) is 13.5. The van der Waals surface area contributed by atoms with E-state index in [1.54, 1.807) is 0 Å². The van der Waals surface area contributed by atoms with Crippen molar-refractivity contribution in [3.8, 4) is 11.5 Å². The van der Waals surface area contributed by atoms with E-state index in [9.17, 15) is 0 Å². The first-order valence-electron chi connectivity index (χ1n) is 7.88. The molecule has 2 aromatic rings. The van der Waals surface area contributed by atoms with Crippen molar-refractivity contribution in [1.29, 1.82) is 0 Å². The van der Waals surface area contributed by atoms with Crippen LogP contribution in [0.5, 0.6) is 11.5 Å². The Balaban J connectivity index is 2.09. The van der Waals surface area contributed by atoms with E-state index < -0.39 is 17.1 Å². The molecule has 3 nitrogen and oxygen atoms in total. The Kier molecular flexibility index (Phi) is 5.34. The average Bonchev–Trinajstić information content (AvgIpc) is 2.42. The maximum absolute atomic E-state index is 6.38. The normalized spacial score (nSPS) is 12.1. The van der Waals surface area contributed by atoms with Crippen LogP contribution in [-0.4, -0.2) is 17.1 Å². The molecule has 0 N–H and O–H groups in total. The van der Waals surface area contributed by atoms with Gasteiger partial charge < -0.3 is 13.0 Å². The van der Waals surface area contributed by atoms with Crippen LogP contribution in [0.3, 0.4) is 0 Å². The lowest BCUT2D eigenvalue weighted by atomic mass is 10.2. The first-order valence-corrected chi connectivity index (χ1v) is 13.5. The highest BCUT2D eigenvalue weighted by atomic mass is 28.5. The summed E-state index contributed by atoms with van der Waals surface area (Å²) in [5.41, 5.74) is 2.24. The molecule has 0 bridgehead atoms. The number of hydrogen-bond acceptors (Lipinski definition) is 3. The third-order valence-corrected chi connectivity index (χ3v) is 8.75. The van der Waals surface area contributed by atoms with Crippen LogP contribution in [0.25, 0.3) is 0 Å². The second-order valence-electron chi connectivity index (χ2n) is 6.64. The average molecular weight is 347 g/mol. The summed E-state index contributed by atoms with van der Waals surface area (Å²) in [4.78, 5) is 0. The van der Waals surface area contributed by atoms with Crippen molar-refractivity contribution in [2.45, 2.75) is 40.0 Å². The molecule has 5 heteroatoms. The lowest BCUT2D eigenvalue weighted by molar-refractivity contribution is 0.333. The Bertz CT molecular complexity index is 611. The van der Waals surface area contributed by atoms with Crippen LogP contribution in [0.4, 0.5) is 0 Å². The molecule has 0 aliphatic rings. The van der Waals surface area contributed by atoms with Crippen molar-refractivity contribution >= 4 is 17.1 Å². The molecule has 2 rings (SSSR count). The number of benzene rings is 2. The van der Waals surface area contributed by atoms with Gasteiger partial charge in [0.2, 0.25) is 0 Å². The topological polar surface area (TPSA) is 27.7 Å². The van der Waals surface area contributed by atoms with E-state index >= 15 is 0 Å². The smallest absolute Gasteiger partial charge is 0.384 e. The molecule has 23 heavy (non-hydrogen) atoms. The minimum atomic E-state index is -2.35. The zero-order chi connectivity index (χ0) is 17.1. The standard InChI is InChI=1S/C18H26O3Si2/c1-15-11-7-9-13-17(15)19-22(3,4)21-23(5,6)20-18-14-10-8-12-16(18)2/h7-14H,1-6H3. The highest BCUT2D eigenvalue weighted by Gasteiger charge is 2.39. The van der Waals surface area contributed by atoms with Gasteiger partial charge in [-0.2, -0.15) is 0 Å². The molecule has 0 saturated carbocycles. The van der Waals surface area contributed by atoms with Gasteiger partial charge in [-0.3, -0.25) is 0 Å². The molecule has 0 saturated heterocycles. The molecular formula is C18H26O3Si2. The van der Waals surface area contributed by atoms with Crippen LogP contribution in [0, 0.1) is 13.8 Å². The van der Waals surface area contributed by atoms with Crippen molar-refractivity contribution < 1.29 is 13.0 Å². The van der Waals surface area contributed by atoms with Crippen molar-refractivity contribution in [3.05, 3.63) is 59.7 Å². The van der Waals surface area contributed by atoms with Crippen molar-refractivity contribution in [2.24, 2.45) is 0 Å². The highest BCUT2D eigenvalue weighted by Crippen LogP contribution is 2.26. The Hall–Kier alpha value is -1.57. The van der Waals surface area contributed by atoms with E-state index in [-0.39, 0.29) is 0 Å². The van der Waals surface area contributed by atoms with Crippen molar-refractivity contribution in [2.75, 3.05) is 0 Å². The van der Waals surface area contributed by atoms with E-state index in [4.69, 9.17) is 13.0 Å². The molecule has 0 aromatic heterocycles. The fourth-order valence-electron chi connectivity index (χ4n) is 2.51. The van der Waals surface area contributed by atoms with E-state index in [0.717, 1.165) is 22.6 Å². The molecule has 0 fully saturated rings. The lowest BCUT2D eigenvalue weighted by Gasteiger charge is -2.33. The van der Waals surface area contributed by atoms with E-state index in [0.29, 0.717) is 0 Å². The zero-order valence-electron chi connectivity index (χ0n) is 14.8. The zero-order valence-corrected chi connectivity index (χ0v) is 16.8. The highest BCUT2D eigenvalue weighted by molar-refractivity contribution is 6.79. The molecule has 2 aromatic carbocycles. The van der Waals surface area contributed by atoms with Gasteiger partial charge in [-0.15, -0.1) is 0 Å². The minimum Gasteiger partial charge on any atom is -0.521 e. The van der Waals surface area contributed by atoms with Gasteiger partial charge in [0, 0.05) is 0 Å². The maximum atomic E-state index is 6.38. The third-order valence-electron chi connectivity index (χ3n) is 3.39. The van der Waals surface area contributed by atoms with Crippen molar-refractivity contribution in [1.82, 2.24) is 0 Å². The molecule has 124 valence electrons. The van der Waals surface area contributed by atoms with Crippen LogP contribution in [0.1, 0.15) is 11.1 Å². The molecule has 0 radical (unpaired) electrons. The van der Waals surface area contributed by atoms with Gasteiger partial charge in [0.25, 0.3) is 0 Å². The summed E-state index contributed by atoms with van der Waals surface area (Å²) >= 11 is 0. The summed E-state index contributed by atoms with van der Waals surface area (Å²) in [5, 5.41) is 0. The molecule has 0 amide bonds. The fourth-order valence-corrected chi connectivity index (χ4v) is 9.09. The molecule has 0 aliphatic carbocycles. The summed E-state index contributed by atoms with van der Waals surface area (Å²) < 4.78 is 18.8. The van der Waals surface area contributed by atoms with Gasteiger partial charge >= 0.3 is 17.1 Å². The minimum absolute atomic E-state index is 0.893. The van der Waals surface area contributed by atoms with Gasteiger partial charge in [-0.05, 0) is 63.3 Å². The summed E-state index contributed by atoms with van der Waals surface area (Å²) in [5.74, 6) is 1.79. The monoisotopic (exact) mass is 346 g/mol. The first-order chi connectivity index (χ1) is 10.7. The van der Waals surface area contributed by atoms with Crippen LogP contribution in [-0.2, 0) is 4.12 Å². The molecule has 0 spiro atoms. The van der Waals surface area contributed by atoms with Crippen LogP contribution in [0.15, 0.2) is 48.5 Å². The number of para-hydroxylation sites is 2. The van der Waals surface area contributed by atoms with E-state index in [1.807, 2.05) is 62.4 Å². The lowest BCUT2D eigenvalue weighted by Crippen LogP contribution is -2.52. The summed E-state index contributed by atoms with van der Waals surface area (Å²) in [6.07, 6.45) is 0. The maximum Gasteiger partial charge on any atom is 0.384 e. The van der Waals surface area contributed by atoms with Crippen LogP contribution < -0.4 is 8.85 Å². The number of hydrogen-bond donors (Lipinski definition) is 0. The molecule has 0 heterocycles. The Morgan fingerprint density at radius 1 is 0.609 bits per heavy atom. The number of rotatable bonds is 6. The van der Waals surface area contributed by atoms with E-state index in [1.165, 1.54) is 0 Å². The van der Waals surface area contributed by atoms with Gasteiger partial charge in [0.1, 0.15) is 11.5 Å². The molecular weight excluding hydrogens is 320 g/mol. The summed E-state index contributed by atoms with van der Waals surface area (Å²) in [7, 11) is -4.69. The van der Waals surface area contributed by atoms with Crippen molar-refractivity contribution in [3.63, 3.8) is 0 Å². The molecule has 0 unspecified atom stereocenters. The SMILES string of the molecule is Cc1ccccc1O[Si](C)(C)O[Si](C)(C)Oc1ccccc1C. The van der Waals surface area contributed by atoms with Crippen LogP contribution >= 0.6 is 0 Å². The number of aryl methyl sites for hydroxylation is 2. The van der Waals surface area contributed by atoms with Gasteiger partial charge in [0.15, 0.2) is 0 Å². The largest absolute Gasteiger partial charge is 0.521 e. The second kappa shape index (κ2) is 6.90. The summed E-state index contributed by atoms with van der Waals surface area (Å²) in [6.45, 7) is 12.4. The first kappa shape index (κ1) is 17.8. The third kappa shape index (κ3) is 5.23. The van der Waals surface area contributed by atoms with Gasteiger partial charge in [-0.25, -0.2) is 0 Å². The van der Waals surface area contributed by atoms with Gasteiger partial charge in [-0.1, -0.05) is 36.4 Å². The molecule has 0 atom stereocenters. The predicted octanol–water partition coefficient (Wildman–Crippen LogP) is 5.18. The Morgan fingerprint density at radius 2 is 0.957 bits per heavy atom.